The maximum Gasteiger partial charge on any atom is 0.222 e. The molecule has 2 N–H and O–H groups in total. The highest BCUT2D eigenvalue weighted by atomic mass is 16.5. The van der Waals surface area contributed by atoms with Crippen LogP contribution in [-0.2, 0) is 22.5 Å². The van der Waals surface area contributed by atoms with Crippen molar-refractivity contribution >= 4 is 16.8 Å². The smallest absolute Gasteiger partial charge is 0.222 e. The van der Waals surface area contributed by atoms with Crippen LogP contribution in [0.15, 0.2) is 18.2 Å². The van der Waals surface area contributed by atoms with Crippen molar-refractivity contribution in [2.45, 2.75) is 59.2 Å². The molecule has 142 valence electrons. The van der Waals surface area contributed by atoms with Crippen molar-refractivity contribution in [3.05, 3.63) is 35.0 Å². The topological polar surface area (TPSA) is 57.4 Å². The van der Waals surface area contributed by atoms with E-state index in [1.54, 1.807) is 0 Å². The number of amides is 1. The monoisotopic (exact) mass is 357 g/mol. The van der Waals surface area contributed by atoms with Crippen LogP contribution in [0, 0.1) is 6.92 Å². The molecule has 1 aromatic heterocycles. The predicted octanol–water partition coefficient (Wildman–Crippen LogP) is 3.15. The van der Waals surface area contributed by atoms with E-state index >= 15 is 0 Å². The molecule has 0 radical (unpaired) electrons. The maximum atomic E-state index is 12.3. The zero-order valence-corrected chi connectivity index (χ0v) is 16.4. The zero-order valence-electron chi connectivity index (χ0n) is 16.4. The summed E-state index contributed by atoms with van der Waals surface area (Å²) in [6.45, 7) is 11.7. The van der Waals surface area contributed by atoms with Gasteiger partial charge >= 0.3 is 0 Å². The summed E-state index contributed by atoms with van der Waals surface area (Å²) < 4.78 is 5.76. The van der Waals surface area contributed by atoms with Crippen LogP contribution < -0.4 is 5.32 Å². The Bertz CT molecular complexity index is 766. The molecule has 0 saturated carbocycles. The summed E-state index contributed by atoms with van der Waals surface area (Å²) in [5.74, 6) is 0.0562. The van der Waals surface area contributed by atoms with Gasteiger partial charge in [-0.1, -0.05) is 13.0 Å². The SMILES string of the molecule is CCc1[nH]c2ccc(CNC(=O)C[C@H]3CN(C(C)C)CCO3)cc2c1C. The highest BCUT2D eigenvalue weighted by molar-refractivity contribution is 5.85. The van der Waals surface area contributed by atoms with E-state index in [1.165, 1.54) is 22.2 Å². The van der Waals surface area contributed by atoms with Crippen LogP contribution in [0.2, 0.25) is 0 Å². The number of ether oxygens (including phenoxy) is 1. The molecule has 5 heteroatoms. The lowest BCUT2D eigenvalue weighted by Crippen LogP contribution is -2.47. The molecule has 1 aliphatic heterocycles. The van der Waals surface area contributed by atoms with Crippen molar-refractivity contribution in [1.29, 1.82) is 0 Å². The van der Waals surface area contributed by atoms with Crippen molar-refractivity contribution in [1.82, 2.24) is 15.2 Å². The third kappa shape index (κ3) is 4.27. The van der Waals surface area contributed by atoms with Crippen LogP contribution in [0.25, 0.3) is 10.9 Å². The van der Waals surface area contributed by atoms with Crippen LogP contribution in [0.4, 0.5) is 0 Å². The Morgan fingerprint density at radius 1 is 1.42 bits per heavy atom. The van der Waals surface area contributed by atoms with Crippen LogP contribution in [0.1, 0.15) is 44.0 Å². The summed E-state index contributed by atoms with van der Waals surface area (Å²) in [7, 11) is 0. The fourth-order valence-corrected chi connectivity index (χ4v) is 3.71. The molecular weight excluding hydrogens is 326 g/mol. The molecule has 1 aliphatic rings. The van der Waals surface area contributed by atoms with E-state index in [0.717, 1.165) is 25.1 Å². The number of aromatic amines is 1. The first kappa shape index (κ1) is 18.9. The third-order valence-corrected chi connectivity index (χ3v) is 5.38. The number of fused-ring (bicyclic) bond motifs is 1. The molecule has 0 bridgehead atoms. The lowest BCUT2D eigenvalue weighted by molar-refractivity contribution is -0.126. The minimum Gasteiger partial charge on any atom is -0.375 e. The summed E-state index contributed by atoms with van der Waals surface area (Å²) in [5.41, 5.74) is 4.88. The van der Waals surface area contributed by atoms with Crippen molar-refractivity contribution in [3.8, 4) is 0 Å². The summed E-state index contributed by atoms with van der Waals surface area (Å²) in [6.07, 6.45) is 1.42. The molecule has 1 saturated heterocycles. The van der Waals surface area contributed by atoms with Crippen LogP contribution in [-0.4, -0.2) is 47.6 Å². The van der Waals surface area contributed by atoms with Crippen molar-refractivity contribution in [2.24, 2.45) is 0 Å². The number of H-pyrrole nitrogens is 1. The number of morpholine rings is 1. The minimum absolute atomic E-state index is 0.00680. The molecule has 1 fully saturated rings. The van der Waals surface area contributed by atoms with Gasteiger partial charge in [-0.3, -0.25) is 9.69 Å². The van der Waals surface area contributed by atoms with E-state index in [-0.39, 0.29) is 12.0 Å². The van der Waals surface area contributed by atoms with Gasteiger partial charge in [0.1, 0.15) is 0 Å². The highest BCUT2D eigenvalue weighted by Crippen LogP contribution is 2.23. The Hall–Kier alpha value is -1.85. The lowest BCUT2D eigenvalue weighted by Gasteiger charge is -2.35. The van der Waals surface area contributed by atoms with E-state index in [9.17, 15) is 4.79 Å². The molecule has 26 heavy (non-hydrogen) atoms. The van der Waals surface area contributed by atoms with E-state index < -0.39 is 0 Å². The number of hydrogen-bond acceptors (Lipinski definition) is 3. The van der Waals surface area contributed by atoms with Gasteiger partial charge in [0.25, 0.3) is 0 Å². The predicted molar refractivity (Wildman–Crippen MR) is 105 cm³/mol. The second kappa shape index (κ2) is 8.23. The first-order valence-corrected chi connectivity index (χ1v) is 9.70. The Morgan fingerprint density at radius 3 is 2.96 bits per heavy atom. The zero-order chi connectivity index (χ0) is 18.7. The molecule has 0 unspecified atom stereocenters. The van der Waals surface area contributed by atoms with Crippen molar-refractivity contribution < 1.29 is 9.53 Å². The van der Waals surface area contributed by atoms with Gasteiger partial charge in [-0.25, -0.2) is 0 Å². The summed E-state index contributed by atoms with van der Waals surface area (Å²) >= 11 is 0. The standard InChI is InChI=1S/C21H31N3O2/c1-5-19-15(4)18-10-16(6-7-20(18)23-19)12-22-21(25)11-17-13-24(14(2)3)8-9-26-17/h6-7,10,14,17,23H,5,8-9,11-13H2,1-4H3,(H,22,25)/t17-/m0/s1. The maximum absolute atomic E-state index is 12.3. The number of carbonyl (C=O) groups is 1. The fraction of sp³-hybridized carbons (Fsp3) is 0.571. The quantitative estimate of drug-likeness (QED) is 0.835. The lowest BCUT2D eigenvalue weighted by atomic mass is 10.1. The van der Waals surface area contributed by atoms with Gasteiger partial charge in [-0.05, 0) is 50.5 Å². The Morgan fingerprint density at radius 2 is 2.23 bits per heavy atom. The molecule has 5 nitrogen and oxygen atoms in total. The second-order valence-electron chi connectivity index (χ2n) is 7.52. The summed E-state index contributed by atoms with van der Waals surface area (Å²) in [4.78, 5) is 18.2. The van der Waals surface area contributed by atoms with Gasteiger partial charge in [-0.2, -0.15) is 0 Å². The Balaban J connectivity index is 1.56. The molecule has 1 amide bonds. The largest absolute Gasteiger partial charge is 0.375 e. The summed E-state index contributed by atoms with van der Waals surface area (Å²) in [6, 6.07) is 6.86. The number of nitrogens with zero attached hydrogens (tertiary/aromatic N) is 1. The van der Waals surface area contributed by atoms with Gasteiger partial charge in [0.05, 0.1) is 19.1 Å². The van der Waals surface area contributed by atoms with Gasteiger partial charge in [0.15, 0.2) is 0 Å². The third-order valence-electron chi connectivity index (χ3n) is 5.38. The fourth-order valence-electron chi connectivity index (χ4n) is 3.71. The van der Waals surface area contributed by atoms with Crippen LogP contribution >= 0.6 is 0 Å². The summed E-state index contributed by atoms with van der Waals surface area (Å²) in [5, 5.41) is 4.29. The number of rotatable bonds is 6. The van der Waals surface area contributed by atoms with E-state index in [1.807, 2.05) is 0 Å². The van der Waals surface area contributed by atoms with Crippen molar-refractivity contribution in [2.75, 3.05) is 19.7 Å². The molecule has 2 aromatic rings. The number of aryl methyl sites for hydroxylation is 2. The average molecular weight is 357 g/mol. The van der Waals surface area contributed by atoms with E-state index in [2.05, 4.69) is 61.1 Å². The average Bonchev–Trinajstić information content (AvgIpc) is 2.96. The molecule has 0 spiro atoms. The van der Waals surface area contributed by atoms with Gasteiger partial charge in [0.2, 0.25) is 5.91 Å². The molecule has 0 aliphatic carbocycles. The normalized spacial score (nSPS) is 18.6. The number of carbonyl (C=O) groups excluding carboxylic acids is 1. The number of hydrogen-bond donors (Lipinski definition) is 2. The van der Waals surface area contributed by atoms with Gasteiger partial charge in [0, 0.05) is 42.3 Å². The number of aromatic nitrogens is 1. The Kier molecular flexibility index (Phi) is 5.99. The number of nitrogens with one attached hydrogen (secondary N) is 2. The molecular formula is C21H31N3O2. The number of benzene rings is 1. The minimum atomic E-state index is -0.00680. The van der Waals surface area contributed by atoms with Gasteiger partial charge < -0.3 is 15.0 Å². The molecule has 3 rings (SSSR count). The molecule has 1 aromatic carbocycles. The van der Waals surface area contributed by atoms with Gasteiger partial charge in [-0.15, -0.1) is 0 Å². The highest BCUT2D eigenvalue weighted by Gasteiger charge is 2.24. The molecule has 2 heterocycles. The van der Waals surface area contributed by atoms with Crippen LogP contribution in [0.5, 0.6) is 0 Å². The van der Waals surface area contributed by atoms with E-state index in [0.29, 0.717) is 25.6 Å². The second-order valence-corrected chi connectivity index (χ2v) is 7.52. The van der Waals surface area contributed by atoms with E-state index in [4.69, 9.17) is 4.74 Å². The first-order valence-electron chi connectivity index (χ1n) is 9.70. The van der Waals surface area contributed by atoms with Crippen LogP contribution in [0.3, 0.4) is 0 Å². The molecule has 1 atom stereocenters. The van der Waals surface area contributed by atoms with Crippen molar-refractivity contribution in [3.63, 3.8) is 0 Å². The Labute approximate surface area is 156 Å². The first-order chi connectivity index (χ1) is 12.5.